The highest BCUT2D eigenvalue weighted by Gasteiger charge is 2.27. The fraction of sp³-hybridized carbons (Fsp3) is 0.692. The van der Waals surface area contributed by atoms with E-state index in [9.17, 15) is 9.59 Å². The molecule has 0 aliphatic heterocycles. The van der Waals surface area contributed by atoms with E-state index >= 15 is 0 Å². The largest absolute Gasteiger partial charge is 0.481 e. The van der Waals surface area contributed by atoms with Gasteiger partial charge in [0.05, 0.1) is 11.6 Å². The molecule has 0 aromatic carbocycles. The van der Waals surface area contributed by atoms with Crippen molar-refractivity contribution in [2.24, 2.45) is 5.92 Å². The highest BCUT2D eigenvalue weighted by atomic mass is 32.1. The van der Waals surface area contributed by atoms with Gasteiger partial charge in [0.1, 0.15) is 4.88 Å². The standard InChI is InChI=1S/C13H21N3O3S/c1-5-6-8(12(18)19)7-14-11(17)9-10(13(2,3)4)15-16-20-9/h8H,5-7H2,1-4H3,(H,14,17)(H,18,19). The minimum Gasteiger partial charge on any atom is -0.481 e. The molecule has 1 aromatic heterocycles. The molecule has 0 fully saturated rings. The number of aliphatic carboxylic acids is 1. The number of hydrogen-bond acceptors (Lipinski definition) is 5. The van der Waals surface area contributed by atoms with Crippen LogP contribution in [0, 0.1) is 5.92 Å². The molecule has 0 saturated carbocycles. The smallest absolute Gasteiger partial charge is 0.308 e. The summed E-state index contributed by atoms with van der Waals surface area (Å²) in [6.45, 7) is 7.92. The predicted octanol–water partition coefficient (Wildman–Crippen LogP) is 2.07. The molecule has 0 aliphatic carbocycles. The molecule has 2 N–H and O–H groups in total. The normalized spacial score (nSPS) is 13.0. The van der Waals surface area contributed by atoms with Gasteiger partial charge in [0.2, 0.25) is 0 Å². The zero-order valence-electron chi connectivity index (χ0n) is 12.3. The van der Waals surface area contributed by atoms with E-state index in [0.717, 1.165) is 18.0 Å². The van der Waals surface area contributed by atoms with Gasteiger partial charge < -0.3 is 10.4 Å². The molecule has 0 saturated heterocycles. The minimum atomic E-state index is -0.884. The maximum atomic E-state index is 12.1. The van der Waals surface area contributed by atoms with Crippen molar-refractivity contribution >= 4 is 23.4 Å². The Kier molecular flexibility index (Phi) is 5.62. The highest BCUT2D eigenvalue weighted by Crippen LogP contribution is 2.25. The number of amides is 1. The highest BCUT2D eigenvalue weighted by molar-refractivity contribution is 7.08. The Hall–Kier alpha value is -1.50. The topological polar surface area (TPSA) is 92.2 Å². The second kappa shape index (κ2) is 6.78. The van der Waals surface area contributed by atoms with E-state index in [4.69, 9.17) is 5.11 Å². The molecule has 6 nitrogen and oxygen atoms in total. The van der Waals surface area contributed by atoms with E-state index in [1.807, 2.05) is 27.7 Å². The van der Waals surface area contributed by atoms with Crippen molar-refractivity contribution in [3.8, 4) is 0 Å². The number of nitrogens with one attached hydrogen (secondary N) is 1. The van der Waals surface area contributed by atoms with Crippen LogP contribution in [0.15, 0.2) is 0 Å². The Labute approximate surface area is 122 Å². The van der Waals surface area contributed by atoms with Crippen molar-refractivity contribution < 1.29 is 14.7 Å². The first-order valence-electron chi connectivity index (χ1n) is 6.61. The summed E-state index contributed by atoms with van der Waals surface area (Å²) in [5, 5.41) is 15.7. The Morgan fingerprint density at radius 3 is 2.55 bits per heavy atom. The van der Waals surface area contributed by atoms with Crippen LogP contribution in [0.3, 0.4) is 0 Å². The Morgan fingerprint density at radius 2 is 2.05 bits per heavy atom. The number of carboxylic acid groups (broad SMARTS) is 1. The van der Waals surface area contributed by atoms with Gasteiger partial charge >= 0.3 is 5.97 Å². The maximum Gasteiger partial charge on any atom is 0.308 e. The van der Waals surface area contributed by atoms with Crippen LogP contribution in [0.2, 0.25) is 0 Å². The number of nitrogens with zero attached hydrogens (tertiary/aromatic N) is 2. The van der Waals surface area contributed by atoms with Crippen molar-refractivity contribution in [2.75, 3.05) is 6.54 Å². The molecular weight excluding hydrogens is 278 g/mol. The summed E-state index contributed by atoms with van der Waals surface area (Å²) < 4.78 is 3.82. The third kappa shape index (κ3) is 4.26. The molecule has 20 heavy (non-hydrogen) atoms. The molecule has 1 atom stereocenters. The lowest BCUT2D eigenvalue weighted by atomic mass is 9.91. The fourth-order valence-electron chi connectivity index (χ4n) is 1.79. The van der Waals surface area contributed by atoms with Crippen LogP contribution in [0.1, 0.15) is 55.9 Å². The molecule has 1 rings (SSSR count). The van der Waals surface area contributed by atoms with Crippen molar-refractivity contribution in [2.45, 2.75) is 46.0 Å². The molecule has 1 heterocycles. The molecule has 1 amide bonds. The fourth-order valence-corrected chi connectivity index (χ4v) is 2.58. The van der Waals surface area contributed by atoms with Gasteiger partial charge in [-0.1, -0.05) is 38.6 Å². The van der Waals surface area contributed by atoms with Gasteiger partial charge in [0.15, 0.2) is 0 Å². The lowest BCUT2D eigenvalue weighted by Gasteiger charge is -2.17. The van der Waals surface area contributed by atoms with Gasteiger partial charge in [-0.2, -0.15) is 0 Å². The monoisotopic (exact) mass is 299 g/mol. The van der Waals surface area contributed by atoms with E-state index in [1.54, 1.807) is 0 Å². The average molecular weight is 299 g/mol. The Balaban J connectivity index is 2.73. The summed E-state index contributed by atoms with van der Waals surface area (Å²) >= 11 is 1.04. The third-order valence-corrected chi connectivity index (χ3v) is 3.62. The lowest BCUT2D eigenvalue weighted by Crippen LogP contribution is -2.33. The molecule has 0 spiro atoms. The summed E-state index contributed by atoms with van der Waals surface area (Å²) in [7, 11) is 0. The van der Waals surface area contributed by atoms with Crippen molar-refractivity contribution in [1.82, 2.24) is 14.9 Å². The van der Waals surface area contributed by atoms with Gasteiger partial charge in [-0.3, -0.25) is 9.59 Å². The zero-order chi connectivity index (χ0) is 15.3. The first-order chi connectivity index (χ1) is 9.27. The Morgan fingerprint density at radius 1 is 1.40 bits per heavy atom. The zero-order valence-corrected chi connectivity index (χ0v) is 13.1. The van der Waals surface area contributed by atoms with E-state index < -0.39 is 11.9 Å². The van der Waals surface area contributed by atoms with Crippen LogP contribution in [-0.2, 0) is 10.2 Å². The molecule has 0 aliphatic rings. The average Bonchev–Trinajstić information content (AvgIpc) is 2.82. The van der Waals surface area contributed by atoms with Crippen LogP contribution in [-0.4, -0.2) is 33.1 Å². The summed E-state index contributed by atoms with van der Waals surface area (Å²) in [5.41, 5.74) is 0.373. The van der Waals surface area contributed by atoms with Gasteiger partial charge in [-0.05, 0) is 18.0 Å². The number of hydrogen-bond donors (Lipinski definition) is 2. The molecular formula is C13H21N3O3S. The van der Waals surface area contributed by atoms with Crippen LogP contribution in [0.5, 0.6) is 0 Å². The predicted molar refractivity (Wildman–Crippen MR) is 77.0 cm³/mol. The van der Waals surface area contributed by atoms with Crippen LogP contribution >= 0.6 is 11.5 Å². The molecule has 0 radical (unpaired) electrons. The summed E-state index contributed by atoms with van der Waals surface area (Å²) in [5.74, 6) is -1.74. The van der Waals surface area contributed by atoms with E-state index in [1.165, 1.54) is 0 Å². The van der Waals surface area contributed by atoms with Crippen LogP contribution in [0.25, 0.3) is 0 Å². The van der Waals surface area contributed by atoms with Gasteiger partial charge in [-0.25, -0.2) is 0 Å². The van der Waals surface area contributed by atoms with Crippen LogP contribution < -0.4 is 5.32 Å². The lowest BCUT2D eigenvalue weighted by molar-refractivity contribution is -0.141. The number of carbonyl (C=O) groups excluding carboxylic acids is 1. The molecule has 7 heteroatoms. The minimum absolute atomic E-state index is 0.128. The molecule has 1 aromatic rings. The summed E-state index contributed by atoms with van der Waals surface area (Å²) in [6.07, 6.45) is 1.31. The van der Waals surface area contributed by atoms with E-state index in [2.05, 4.69) is 14.9 Å². The van der Waals surface area contributed by atoms with Crippen molar-refractivity contribution in [3.05, 3.63) is 10.6 Å². The first-order valence-corrected chi connectivity index (χ1v) is 7.38. The van der Waals surface area contributed by atoms with Crippen molar-refractivity contribution in [3.63, 3.8) is 0 Å². The van der Waals surface area contributed by atoms with Crippen LogP contribution in [0.4, 0.5) is 0 Å². The third-order valence-electron chi connectivity index (χ3n) is 2.90. The number of aromatic nitrogens is 2. The Bertz CT molecular complexity index is 479. The summed E-state index contributed by atoms with van der Waals surface area (Å²) in [6, 6.07) is 0. The van der Waals surface area contributed by atoms with Crippen molar-refractivity contribution in [1.29, 1.82) is 0 Å². The quantitative estimate of drug-likeness (QED) is 0.839. The van der Waals surface area contributed by atoms with Gasteiger partial charge in [0, 0.05) is 12.0 Å². The second-order valence-corrected chi connectivity index (χ2v) is 6.49. The summed E-state index contributed by atoms with van der Waals surface area (Å²) in [4.78, 5) is 23.6. The van der Waals surface area contributed by atoms with Gasteiger partial charge in [-0.15, -0.1) is 5.10 Å². The van der Waals surface area contributed by atoms with E-state index in [0.29, 0.717) is 17.0 Å². The van der Waals surface area contributed by atoms with E-state index in [-0.39, 0.29) is 17.9 Å². The number of rotatable bonds is 6. The molecule has 0 bridgehead atoms. The first kappa shape index (κ1) is 16.6. The maximum absolute atomic E-state index is 12.1. The number of carboxylic acids is 1. The molecule has 112 valence electrons. The SMILES string of the molecule is CCCC(CNC(=O)c1snnc1C(C)(C)C)C(=O)O. The molecule has 1 unspecified atom stereocenters. The van der Waals surface area contributed by atoms with Gasteiger partial charge in [0.25, 0.3) is 5.91 Å². The number of carbonyl (C=O) groups is 2. The second-order valence-electron chi connectivity index (χ2n) is 5.73.